The molecule has 0 atom stereocenters. The Kier molecular flexibility index (Phi) is 3.97. The van der Waals surface area contributed by atoms with E-state index in [0.717, 1.165) is 6.07 Å². The number of hydrogen-bond donors (Lipinski definition) is 4. The Hall–Kier alpha value is -2.72. The first-order valence-electron chi connectivity index (χ1n) is 5.90. The average molecular weight is 324 g/mol. The summed E-state index contributed by atoms with van der Waals surface area (Å²) in [5.41, 5.74) is 5.33. The summed E-state index contributed by atoms with van der Waals surface area (Å²) in [6.07, 6.45) is 0. The Morgan fingerprint density at radius 2 is 1.91 bits per heavy atom. The van der Waals surface area contributed by atoms with Crippen LogP contribution in [-0.4, -0.2) is 23.1 Å². The molecule has 1 aromatic heterocycles. The number of aryl methyl sites for hydroxylation is 1. The monoisotopic (exact) mass is 324 g/mol. The standard InChI is InChI=1S/C12H12N4O5S/c1-6-4-10(17)14-12(18)11(6)16-15-8-5-7(13)2-3-9(8)22(19,20)21/h2-5H,13H2,1H3,(H2,14,17,18)(H,19,20,21). The van der Waals surface area contributed by atoms with Crippen molar-refractivity contribution in [3.05, 3.63) is 40.2 Å². The Morgan fingerprint density at radius 1 is 1.23 bits per heavy atom. The van der Waals surface area contributed by atoms with Gasteiger partial charge in [0.15, 0.2) is 0 Å². The highest BCUT2D eigenvalue weighted by molar-refractivity contribution is 7.86. The number of nitrogens with zero attached hydrogens (tertiary/aromatic N) is 2. The van der Waals surface area contributed by atoms with Gasteiger partial charge in [-0.05, 0) is 30.7 Å². The van der Waals surface area contributed by atoms with Crippen molar-refractivity contribution < 1.29 is 18.1 Å². The number of nitrogens with one attached hydrogen (secondary N) is 1. The Morgan fingerprint density at radius 3 is 2.50 bits per heavy atom. The van der Waals surface area contributed by atoms with E-state index in [4.69, 9.17) is 10.3 Å². The summed E-state index contributed by atoms with van der Waals surface area (Å²) in [5, 5.41) is 17.0. The number of aromatic hydroxyl groups is 1. The molecule has 0 aliphatic rings. The van der Waals surface area contributed by atoms with Crippen LogP contribution in [0, 0.1) is 6.92 Å². The number of aromatic nitrogens is 1. The number of hydrogen-bond acceptors (Lipinski definition) is 7. The van der Waals surface area contributed by atoms with Crippen molar-refractivity contribution in [2.24, 2.45) is 10.2 Å². The molecular weight excluding hydrogens is 312 g/mol. The molecule has 0 saturated heterocycles. The largest absolute Gasteiger partial charge is 0.493 e. The third-order valence-corrected chi connectivity index (χ3v) is 3.61. The molecule has 0 aliphatic carbocycles. The molecule has 5 N–H and O–H groups in total. The van der Waals surface area contributed by atoms with Gasteiger partial charge in [0.1, 0.15) is 16.3 Å². The van der Waals surface area contributed by atoms with Crippen molar-refractivity contribution in [3.63, 3.8) is 0 Å². The van der Waals surface area contributed by atoms with Gasteiger partial charge in [-0.2, -0.15) is 8.42 Å². The van der Waals surface area contributed by atoms with E-state index in [9.17, 15) is 18.3 Å². The molecule has 116 valence electrons. The van der Waals surface area contributed by atoms with Crippen LogP contribution in [0.15, 0.2) is 44.2 Å². The molecule has 0 unspecified atom stereocenters. The minimum atomic E-state index is -4.51. The number of nitrogens with two attached hydrogens (primary N) is 1. The van der Waals surface area contributed by atoms with Crippen LogP contribution in [0.3, 0.4) is 0 Å². The van der Waals surface area contributed by atoms with Gasteiger partial charge in [-0.15, -0.1) is 10.2 Å². The molecule has 9 nitrogen and oxygen atoms in total. The fraction of sp³-hybridized carbons (Fsp3) is 0.0833. The normalized spacial score (nSPS) is 11.9. The Labute approximate surface area is 124 Å². The van der Waals surface area contributed by atoms with E-state index in [1.165, 1.54) is 25.1 Å². The van der Waals surface area contributed by atoms with Crippen LogP contribution in [-0.2, 0) is 10.1 Å². The zero-order chi connectivity index (χ0) is 16.5. The van der Waals surface area contributed by atoms with Crippen molar-refractivity contribution in [1.82, 2.24) is 4.98 Å². The van der Waals surface area contributed by atoms with E-state index in [1.54, 1.807) is 0 Å². The van der Waals surface area contributed by atoms with E-state index in [-0.39, 0.29) is 17.1 Å². The number of rotatable bonds is 3. The number of anilines is 1. The van der Waals surface area contributed by atoms with Gasteiger partial charge in [0.05, 0.1) is 0 Å². The molecule has 1 heterocycles. The van der Waals surface area contributed by atoms with Gasteiger partial charge in [-0.3, -0.25) is 14.3 Å². The summed E-state index contributed by atoms with van der Waals surface area (Å²) in [5.74, 6) is -0.508. The highest BCUT2D eigenvalue weighted by Crippen LogP contribution is 2.31. The number of pyridine rings is 1. The van der Waals surface area contributed by atoms with Gasteiger partial charge < -0.3 is 10.8 Å². The molecule has 0 fully saturated rings. The van der Waals surface area contributed by atoms with Crippen molar-refractivity contribution in [3.8, 4) is 5.88 Å². The summed E-state index contributed by atoms with van der Waals surface area (Å²) < 4.78 is 31.7. The molecule has 0 saturated carbocycles. The highest BCUT2D eigenvalue weighted by Gasteiger charge is 2.16. The fourth-order valence-corrected chi connectivity index (χ4v) is 2.33. The quantitative estimate of drug-likeness (QED) is 0.381. The lowest BCUT2D eigenvalue weighted by Gasteiger charge is -2.04. The summed E-state index contributed by atoms with van der Waals surface area (Å²) in [7, 11) is -4.51. The summed E-state index contributed by atoms with van der Waals surface area (Å²) in [6, 6.07) is 4.76. The van der Waals surface area contributed by atoms with Crippen LogP contribution in [0.5, 0.6) is 5.88 Å². The van der Waals surface area contributed by atoms with Crippen molar-refractivity contribution >= 4 is 27.2 Å². The lowest BCUT2D eigenvalue weighted by molar-refractivity contribution is 0.452. The number of H-pyrrole nitrogens is 1. The number of azo groups is 1. The van der Waals surface area contributed by atoms with E-state index in [2.05, 4.69) is 15.2 Å². The van der Waals surface area contributed by atoms with Crippen LogP contribution < -0.4 is 11.3 Å². The maximum absolute atomic E-state index is 11.3. The predicted molar refractivity (Wildman–Crippen MR) is 78.3 cm³/mol. The molecule has 0 spiro atoms. The first kappa shape index (κ1) is 15.7. The molecule has 10 heteroatoms. The second-order valence-electron chi connectivity index (χ2n) is 4.42. The van der Waals surface area contributed by atoms with Crippen molar-refractivity contribution in [2.75, 3.05) is 5.73 Å². The summed E-state index contributed by atoms with van der Waals surface area (Å²) in [4.78, 5) is 12.8. The minimum absolute atomic E-state index is 0.0386. The fourth-order valence-electron chi connectivity index (χ4n) is 1.72. The van der Waals surface area contributed by atoms with Gasteiger partial charge in [0.25, 0.3) is 15.7 Å². The van der Waals surface area contributed by atoms with E-state index in [1.807, 2.05) is 0 Å². The van der Waals surface area contributed by atoms with Gasteiger partial charge in [0, 0.05) is 11.8 Å². The summed E-state index contributed by atoms with van der Waals surface area (Å²) in [6.45, 7) is 1.52. The third-order valence-electron chi connectivity index (χ3n) is 2.71. The Balaban J connectivity index is 2.56. The van der Waals surface area contributed by atoms with Crippen molar-refractivity contribution in [2.45, 2.75) is 11.8 Å². The van der Waals surface area contributed by atoms with Crippen LogP contribution in [0.2, 0.25) is 0 Å². The lowest BCUT2D eigenvalue weighted by Crippen LogP contribution is -2.03. The first-order valence-corrected chi connectivity index (χ1v) is 7.34. The van der Waals surface area contributed by atoms with Gasteiger partial charge >= 0.3 is 0 Å². The smallest absolute Gasteiger partial charge is 0.296 e. The lowest BCUT2D eigenvalue weighted by atomic mass is 10.2. The zero-order valence-corrected chi connectivity index (χ0v) is 12.1. The summed E-state index contributed by atoms with van der Waals surface area (Å²) >= 11 is 0. The second kappa shape index (κ2) is 5.58. The Bertz CT molecular complexity index is 891. The van der Waals surface area contributed by atoms with Crippen LogP contribution >= 0.6 is 0 Å². The van der Waals surface area contributed by atoms with Gasteiger partial charge in [0.2, 0.25) is 5.88 Å². The SMILES string of the molecule is Cc1cc(=O)[nH]c(O)c1N=Nc1cc(N)ccc1S(=O)(=O)O. The molecular formula is C12H12N4O5S. The van der Waals surface area contributed by atoms with Crippen LogP contribution in [0.25, 0.3) is 0 Å². The van der Waals surface area contributed by atoms with E-state index in [0.29, 0.717) is 5.56 Å². The molecule has 0 bridgehead atoms. The molecule has 22 heavy (non-hydrogen) atoms. The molecule has 1 aromatic carbocycles. The highest BCUT2D eigenvalue weighted by atomic mass is 32.2. The third kappa shape index (κ3) is 3.30. The predicted octanol–water partition coefficient (Wildman–Crippen LogP) is 1.63. The average Bonchev–Trinajstić information content (AvgIpc) is 2.35. The van der Waals surface area contributed by atoms with E-state index >= 15 is 0 Å². The molecule has 2 rings (SSSR count). The zero-order valence-electron chi connectivity index (χ0n) is 11.3. The molecule has 2 aromatic rings. The minimum Gasteiger partial charge on any atom is -0.493 e. The van der Waals surface area contributed by atoms with Crippen LogP contribution in [0.4, 0.5) is 17.1 Å². The maximum Gasteiger partial charge on any atom is 0.296 e. The number of nitrogen functional groups attached to an aromatic ring is 1. The topological polar surface area (TPSA) is 158 Å². The van der Waals surface area contributed by atoms with E-state index < -0.39 is 26.5 Å². The maximum atomic E-state index is 11.3. The first-order chi connectivity index (χ1) is 10.2. The molecule has 0 amide bonds. The van der Waals surface area contributed by atoms with Crippen molar-refractivity contribution in [1.29, 1.82) is 0 Å². The number of aromatic amines is 1. The van der Waals surface area contributed by atoms with Crippen LogP contribution in [0.1, 0.15) is 5.56 Å². The number of benzene rings is 1. The van der Waals surface area contributed by atoms with Gasteiger partial charge in [-0.25, -0.2) is 0 Å². The second-order valence-corrected chi connectivity index (χ2v) is 5.81. The van der Waals surface area contributed by atoms with Gasteiger partial charge in [-0.1, -0.05) is 0 Å². The molecule has 0 aliphatic heterocycles. The molecule has 0 radical (unpaired) electrons.